The third kappa shape index (κ3) is 7.63. The monoisotopic (exact) mass is 524 g/mol. The summed E-state index contributed by atoms with van der Waals surface area (Å²) in [6.45, 7) is 0. The molecule has 4 aromatic carbocycles. The Kier molecular flexibility index (Phi) is 9.26. The molecule has 5 rings (SSSR count). The number of hydrogen-bond acceptors (Lipinski definition) is 0. The van der Waals surface area contributed by atoms with E-state index in [2.05, 4.69) is 121 Å². The van der Waals surface area contributed by atoms with Gasteiger partial charge in [0.25, 0.3) is 0 Å². The molecule has 4 aromatic rings. The lowest BCUT2D eigenvalue weighted by Gasteiger charge is -2.29. The summed E-state index contributed by atoms with van der Waals surface area (Å²) in [5.74, 6) is 0. The van der Waals surface area contributed by atoms with Crippen LogP contribution < -0.4 is 0 Å². The van der Waals surface area contributed by atoms with E-state index in [1.54, 1.807) is 22.3 Å². The minimum atomic E-state index is -1.14. The molecular formula is C35H42P2+2. The van der Waals surface area contributed by atoms with Gasteiger partial charge < -0.3 is 0 Å². The van der Waals surface area contributed by atoms with Crippen LogP contribution in [-0.2, 0) is 24.6 Å². The molecule has 0 aliphatic carbocycles. The molecule has 1 heterocycles. The van der Waals surface area contributed by atoms with Gasteiger partial charge >= 0.3 is 0 Å². The van der Waals surface area contributed by atoms with Crippen molar-refractivity contribution in [1.82, 2.24) is 0 Å². The van der Waals surface area contributed by atoms with E-state index in [9.17, 15) is 0 Å². The van der Waals surface area contributed by atoms with Gasteiger partial charge in [0, 0.05) is 20.9 Å². The molecule has 190 valence electrons. The van der Waals surface area contributed by atoms with E-state index in [0.29, 0.717) is 0 Å². The maximum absolute atomic E-state index is 2.38. The minimum absolute atomic E-state index is 1.14. The van der Waals surface area contributed by atoms with Gasteiger partial charge in [-0.3, -0.25) is 0 Å². The summed E-state index contributed by atoms with van der Waals surface area (Å²) < 4.78 is 0. The molecule has 0 bridgehead atoms. The lowest BCUT2D eigenvalue weighted by Crippen LogP contribution is -2.12. The molecule has 0 aromatic heterocycles. The molecule has 0 N–H and O–H groups in total. The van der Waals surface area contributed by atoms with Crippen molar-refractivity contribution >= 4 is 14.5 Å². The Labute approximate surface area is 226 Å². The minimum Gasteiger partial charge on any atom is -0.0622 e. The molecule has 0 nitrogen and oxygen atoms in total. The summed E-state index contributed by atoms with van der Waals surface area (Å²) in [6.07, 6.45) is 15.2. The zero-order chi connectivity index (χ0) is 25.2. The average molecular weight is 525 g/mol. The van der Waals surface area contributed by atoms with Gasteiger partial charge in [-0.1, -0.05) is 121 Å². The highest BCUT2D eigenvalue weighted by Gasteiger charge is 2.43. The van der Waals surface area contributed by atoms with Gasteiger partial charge in [0.2, 0.25) is 0 Å². The molecule has 0 radical (unpaired) electrons. The maximum Gasteiger partial charge on any atom is 0.0846 e. The molecule has 1 fully saturated rings. The Morgan fingerprint density at radius 2 is 0.568 bits per heavy atom. The first kappa shape index (κ1) is 26.4. The van der Waals surface area contributed by atoms with E-state index in [0.717, 1.165) is 0 Å². The second-order valence-corrected chi connectivity index (χ2v) is 19.6. The van der Waals surface area contributed by atoms with Crippen LogP contribution in [0.3, 0.4) is 0 Å². The molecule has 1 aliphatic heterocycles. The standard InChI is InChI=1S/C35H42P2/c1-5-16-32(17-6-1)28-36(29-33-18-7-2-8-19-33)24-13-14-25-37(27-15-26-36,30-34-20-9-3-10-21-34)31-35-22-11-4-12-23-35/h1-12,16-23H,13-15,24-31H2/q+2. The van der Waals surface area contributed by atoms with Gasteiger partial charge in [0.05, 0.1) is 49.3 Å². The van der Waals surface area contributed by atoms with E-state index in [1.165, 1.54) is 68.6 Å². The van der Waals surface area contributed by atoms with Crippen molar-refractivity contribution in [2.24, 2.45) is 0 Å². The lowest BCUT2D eigenvalue weighted by atomic mass is 10.2. The Hall–Kier alpha value is -2.26. The van der Waals surface area contributed by atoms with Gasteiger partial charge in [-0.2, -0.15) is 0 Å². The Balaban J connectivity index is 1.42. The average Bonchev–Trinajstić information content (AvgIpc) is 3.01. The van der Waals surface area contributed by atoms with Gasteiger partial charge in [0.1, 0.15) is 0 Å². The Bertz CT molecular complexity index is 1010. The first-order valence-corrected chi connectivity index (χ1v) is 19.1. The predicted molar refractivity (Wildman–Crippen MR) is 168 cm³/mol. The molecule has 1 aliphatic rings. The van der Waals surface area contributed by atoms with Gasteiger partial charge in [-0.25, -0.2) is 0 Å². The fraction of sp³-hybridized carbons (Fsp3) is 0.314. The van der Waals surface area contributed by atoms with Crippen molar-refractivity contribution in [2.45, 2.75) is 43.9 Å². The van der Waals surface area contributed by atoms with Crippen LogP contribution in [0.1, 0.15) is 41.5 Å². The second-order valence-electron chi connectivity index (χ2n) is 11.2. The number of rotatable bonds is 8. The molecule has 1 saturated heterocycles. The Morgan fingerprint density at radius 3 is 0.838 bits per heavy atom. The summed E-state index contributed by atoms with van der Waals surface area (Å²) in [4.78, 5) is 0. The zero-order valence-corrected chi connectivity index (χ0v) is 24.0. The zero-order valence-electron chi connectivity index (χ0n) is 22.2. The second kappa shape index (κ2) is 13.0. The van der Waals surface area contributed by atoms with Crippen LogP contribution >= 0.6 is 14.5 Å². The van der Waals surface area contributed by atoms with Gasteiger partial charge in [-0.15, -0.1) is 0 Å². The van der Waals surface area contributed by atoms with Gasteiger partial charge in [0.15, 0.2) is 0 Å². The topological polar surface area (TPSA) is 0 Å². The first-order valence-electron chi connectivity index (χ1n) is 14.1. The van der Waals surface area contributed by atoms with Crippen LogP contribution in [0.2, 0.25) is 0 Å². The quantitative estimate of drug-likeness (QED) is 0.201. The van der Waals surface area contributed by atoms with Crippen molar-refractivity contribution in [3.63, 3.8) is 0 Å². The molecule has 2 heteroatoms. The third-order valence-corrected chi connectivity index (χ3v) is 17.4. The van der Waals surface area contributed by atoms with E-state index in [4.69, 9.17) is 0 Å². The summed E-state index contributed by atoms with van der Waals surface area (Å²) in [5, 5.41) is 0. The van der Waals surface area contributed by atoms with Crippen molar-refractivity contribution < 1.29 is 0 Å². The van der Waals surface area contributed by atoms with Crippen LogP contribution in [0.5, 0.6) is 0 Å². The lowest BCUT2D eigenvalue weighted by molar-refractivity contribution is 0.880. The first-order chi connectivity index (χ1) is 18.2. The van der Waals surface area contributed by atoms with Gasteiger partial charge in [-0.05, 0) is 35.1 Å². The maximum atomic E-state index is 2.38. The summed E-state index contributed by atoms with van der Waals surface area (Å²) >= 11 is 0. The van der Waals surface area contributed by atoms with Crippen LogP contribution in [0.15, 0.2) is 121 Å². The van der Waals surface area contributed by atoms with Crippen molar-refractivity contribution in [3.05, 3.63) is 144 Å². The summed E-state index contributed by atoms with van der Waals surface area (Å²) in [5.41, 5.74) is 6.22. The molecule has 0 saturated carbocycles. The van der Waals surface area contributed by atoms with E-state index in [1.807, 2.05) is 0 Å². The van der Waals surface area contributed by atoms with E-state index in [-0.39, 0.29) is 0 Å². The molecule has 0 unspecified atom stereocenters. The van der Waals surface area contributed by atoms with Crippen LogP contribution in [-0.4, -0.2) is 24.6 Å². The van der Waals surface area contributed by atoms with Crippen molar-refractivity contribution in [3.8, 4) is 0 Å². The molecule has 0 atom stereocenters. The summed E-state index contributed by atoms with van der Waals surface area (Å²) in [7, 11) is -2.27. The highest BCUT2D eigenvalue weighted by molar-refractivity contribution is 7.75. The molecule has 0 spiro atoms. The highest BCUT2D eigenvalue weighted by atomic mass is 31.2. The fourth-order valence-electron chi connectivity index (χ4n) is 6.49. The molecular weight excluding hydrogens is 482 g/mol. The van der Waals surface area contributed by atoms with E-state index >= 15 is 0 Å². The largest absolute Gasteiger partial charge is 0.0846 e. The van der Waals surface area contributed by atoms with Crippen LogP contribution in [0, 0.1) is 0 Å². The van der Waals surface area contributed by atoms with E-state index < -0.39 is 14.5 Å². The SMILES string of the molecule is c1ccc(C[P+]2(Cc3ccccc3)CCCC[P+](Cc3ccccc3)(Cc3ccccc3)CCC2)cc1. The van der Waals surface area contributed by atoms with Crippen molar-refractivity contribution in [1.29, 1.82) is 0 Å². The number of hydrogen-bond donors (Lipinski definition) is 0. The van der Waals surface area contributed by atoms with Crippen LogP contribution in [0.4, 0.5) is 0 Å². The van der Waals surface area contributed by atoms with Crippen LogP contribution in [0.25, 0.3) is 0 Å². The van der Waals surface area contributed by atoms with Crippen molar-refractivity contribution in [2.75, 3.05) is 24.6 Å². The third-order valence-electron chi connectivity index (χ3n) is 8.22. The summed E-state index contributed by atoms with van der Waals surface area (Å²) in [6, 6.07) is 45.6. The molecule has 37 heavy (non-hydrogen) atoms. The Morgan fingerprint density at radius 1 is 0.324 bits per heavy atom. The fourth-order valence-corrected chi connectivity index (χ4v) is 16.1. The predicted octanol–water partition coefficient (Wildman–Crippen LogP) is 10.0. The highest BCUT2D eigenvalue weighted by Crippen LogP contribution is 2.70. The normalized spacial score (nSPS) is 17.3. The smallest absolute Gasteiger partial charge is 0.0622 e. The molecule has 0 amide bonds. The number of benzene rings is 4.